The number of methoxy groups -OCH3 is 1. The summed E-state index contributed by atoms with van der Waals surface area (Å²) in [5.41, 5.74) is 4.71. The number of ether oxygens (including phenoxy) is 1. The average molecular weight is 658 g/mol. The van der Waals surface area contributed by atoms with Gasteiger partial charge in [0, 0.05) is 81.3 Å². The molecule has 2 saturated heterocycles. The van der Waals surface area contributed by atoms with Gasteiger partial charge in [0.25, 0.3) is 5.91 Å². The largest absolute Gasteiger partial charge is 0.494 e. The second kappa shape index (κ2) is 10.8. The molecule has 4 aromatic heterocycles. The second-order valence-corrected chi connectivity index (χ2v) is 14.8. The van der Waals surface area contributed by atoms with Crippen molar-refractivity contribution >= 4 is 40.0 Å². The van der Waals surface area contributed by atoms with Crippen molar-refractivity contribution < 1.29 is 9.53 Å². The number of fused-ring (bicyclic) bond motifs is 2. The number of H-pyrrole nitrogens is 1. The number of carbonyl (C=O) groups excluding carboxylic acids is 1. The van der Waals surface area contributed by atoms with Crippen molar-refractivity contribution in [2.24, 2.45) is 34.6 Å². The van der Waals surface area contributed by atoms with Crippen molar-refractivity contribution in [3.63, 3.8) is 0 Å². The van der Waals surface area contributed by atoms with Crippen molar-refractivity contribution in [3.05, 3.63) is 64.3 Å². The first kappa shape index (κ1) is 29.0. The van der Waals surface area contributed by atoms with Gasteiger partial charge >= 0.3 is 5.69 Å². The van der Waals surface area contributed by atoms with Gasteiger partial charge in [0.2, 0.25) is 0 Å². The highest BCUT2D eigenvalue weighted by Gasteiger charge is 2.61. The molecular weight excluding hydrogens is 618 g/mol. The smallest absolute Gasteiger partial charge is 0.346 e. The maximum atomic E-state index is 14.1. The number of imidazole rings is 1. The first-order valence-corrected chi connectivity index (χ1v) is 17.6. The summed E-state index contributed by atoms with van der Waals surface area (Å²) in [5.74, 6) is 5.46. The molecule has 1 amide bonds. The highest BCUT2D eigenvalue weighted by atomic mass is 16.5. The molecule has 1 aromatic carbocycles. The Morgan fingerprint density at radius 1 is 1.06 bits per heavy atom. The zero-order chi connectivity index (χ0) is 33.0. The predicted octanol–water partition coefficient (Wildman–Crippen LogP) is 4.22. The van der Waals surface area contributed by atoms with Gasteiger partial charge in [-0.05, 0) is 79.7 Å². The molecule has 1 N–H and O–H groups in total. The molecule has 4 atom stereocenters. The molecule has 12 heteroatoms. The van der Waals surface area contributed by atoms with E-state index in [9.17, 15) is 9.59 Å². The van der Waals surface area contributed by atoms with E-state index < -0.39 is 0 Å². The van der Waals surface area contributed by atoms with E-state index in [1.54, 1.807) is 26.6 Å². The summed E-state index contributed by atoms with van der Waals surface area (Å²) in [6.07, 6.45) is 10.0. The van der Waals surface area contributed by atoms with Crippen LogP contribution in [0.1, 0.15) is 41.6 Å². The molecule has 0 spiro atoms. The summed E-state index contributed by atoms with van der Waals surface area (Å²) in [5, 5.41) is 1.09. The lowest BCUT2D eigenvalue weighted by atomic mass is 9.53. The third-order valence-electron chi connectivity index (χ3n) is 11.9. The molecule has 3 unspecified atom stereocenters. The van der Waals surface area contributed by atoms with Crippen LogP contribution in [0.25, 0.3) is 33.6 Å². The van der Waals surface area contributed by atoms with Gasteiger partial charge < -0.3 is 23.7 Å². The lowest BCUT2D eigenvalue weighted by molar-refractivity contribution is -0.0204. The molecular formula is C37H39N9O3. The minimum Gasteiger partial charge on any atom is -0.494 e. The molecule has 5 fully saturated rings. The minimum absolute atomic E-state index is 0.0913. The minimum atomic E-state index is -0.375. The molecule has 3 aliphatic carbocycles. The van der Waals surface area contributed by atoms with E-state index in [1.807, 2.05) is 24.4 Å². The molecule has 10 rings (SSSR count). The Morgan fingerprint density at radius 2 is 1.92 bits per heavy atom. The van der Waals surface area contributed by atoms with Crippen LogP contribution >= 0.6 is 0 Å². The van der Waals surface area contributed by atoms with Gasteiger partial charge in [0.05, 0.1) is 23.9 Å². The highest BCUT2D eigenvalue weighted by Crippen LogP contribution is 2.60. The number of benzene rings is 1. The molecule has 49 heavy (non-hydrogen) atoms. The van der Waals surface area contributed by atoms with Crippen LogP contribution in [-0.2, 0) is 13.1 Å². The Bertz CT molecular complexity index is 2240. The zero-order valence-electron chi connectivity index (χ0n) is 27.7. The summed E-state index contributed by atoms with van der Waals surface area (Å²) in [6.45, 7) is 3.94. The van der Waals surface area contributed by atoms with Crippen LogP contribution in [0.15, 0.2) is 52.5 Å². The van der Waals surface area contributed by atoms with Gasteiger partial charge in [-0.1, -0.05) is 0 Å². The fourth-order valence-electron chi connectivity index (χ4n) is 9.28. The van der Waals surface area contributed by atoms with Gasteiger partial charge in [0.15, 0.2) is 5.82 Å². The monoisotopic (exact) mass is 657 g/mol. The van der Waals surface area contributed by atoms with Gasteiger partial charge in [-0.25, -0.2) is 19.7 Å². The standard InChI is InChI=1S/C37H39N9O3/c1-38-13-26-14-40-37(48)42-34(26)43-15-21(16-43)18-46-32-27(41-35(46)29-10-22-4-3-7-39-33(22)44(29)17-20-5-6-20)9-24(12-30(32)49-2)36(47)45-19-25-8-23-11-28(45)31(23)25/h3-4,7,9-10,12-14,20-21,23,25,28,31H,5-6,8,11,15-19H2,1-2H3,(H,40,42,48)/t23?,25?,28?,31-/m1/s1. The fourth-order valence-corrected chi connectivity index (χ4v) is 9.28. The molecule has 3 saturated carbocycles. The Balaban J connectivity index is 1.06. The number of anilines is 1. The Hall–Kier alpha value is -5.00. The lowest BCUT2D eigenvalue weighted by Crippen LogP contribution is -2.53. The number of likely N-dealkylation sites (tertiary alicyclic amines) is 1. The lowest BCUT2D eigenvalue weighted by Gasteiger charge is -2.52. The van der Waals surface area contributed by atoms with Crippen molar-refractivity contribution in [1.82, 2.24) is 34.0 Å². The molecule has 6 heterocycles. The molecule has 12 nitrogen and oxygen atoms in total. The predicted molar refractivity (Wildman–Crippen MR) is 186 cm³/mol. The maximum absolute atomic E-state index is 14.1. The number of hydrogen-bond acceptors (Lipinski definition) is 8. The molecule has 0 bridgehead atoms. The number of carbonyl (C=O) groups is 1. The summed E-state index contributed by atoms with van der Waals surface area (Å²) in [7, 11) is 3.39. The van der Waals surface area contributed by atoms with Crippen LogP contribution < -0.4 is 15.3 Å². The SMILES string of the molecule is CN=Cc1cnc(=O)[nH]c1N1CC(Cn2c(-c3cc4cccnc4n3CC3CC3)nc3cc(C(=O)N4CC5CC6CC4[C@H]65)cc(OC)c32)C1. The van der Waals surface area contributed by atoms with Crippen LogP contribution in [0.4, 0.5) is 5.82 Å². The zero-order valence-corrected chi connectivity index (χ0v) is 27.7. The Morgan fingerprint density at radius 3 is 2.69 bits per heavy atom. The van der Waals surface area contributed by atoms with E-state index in [-0.39, 0.29) is 17.5 Å². The van der Waals surface area contributed by atoms with Crippen molar-refractivity contribution in [2.75, 3.05) is 38.7 Å². The van der Waals surface area contributed by atoms with E-state index in [0.29, 0.717) is 41.7 Å². The fraction of sp³-hybridized carbons (Fsp3) is 0.459. The van der Waals surface area contributed by atoms with E-state index in [1.165, 1.54) is 19.3 Å². The van der Waals surface area contributed by atoms with Crippen LogP contribution in [-0.4, -0.2) is 85.9 Å². The number of hydrogen-bond donors (Lipinski definition) is 1. The number of amides is 1. The number of aliphatic imine (C=N–C) groups is 1. The van der Waals surface area contributed by atoms with Gasteiger partial charge in [-0.3, -0.25) is 14.8 Å². The summed E-state index contributed by atoms with van der Waals surface area (Å²) in [6, 6.07) is 10.6. The normalized spacial score (nSPS) is 24.4. The number of aromatic nitrogens is 6. The number of rotatable bonds is 9. The van der Waals surface area contributed by atoms with Crippen LogP contribution in [0.2, 0.25) is 0 Å². The number of nitrogens with one attached hydrogen (secondary N) is 1. The summed E-state index contributed by atoms with van der Waals surface area (Å²) >= 11 is 0. The first-order chi connectivity index (χ1) is 24.0. The van der Waals surface area contributed by atoms with Crippen LogP contribution in [0, 0.1) is 29.6 Å². The van der Waals surface area contributed by atoms with E-state index in [0.717, 1.165) is 83.5 Å². The van der Waals surface area contributed by atoms with Crippen LogP contribution in [0.5, 0.6) is 5.75 Å². The van der Waals surface area contributed by atoms with Gasteiger partial charge in [0.1, 0.15) is 22.7 Å². The summed E-state index contributed by atoms with van der Waals surface area (Å²) < 4.78 is 10.7. The third kappa shape index (κ3) is 4.48. The van der Waals surface area contributed by atoms with Crippen molar-refractivity contribution in [1.29, 1.82) is 0 Å². The molecule has 5 aromatic rings. The Kier molecular flexibility index (Phi) is 6.35. The maximum Gasteiger partial charge on any atom is 0.346 e. The van der Waals surface area contributed by atoms with E-state index >= 15 is 0 Å². The molecule has 0 radical (unpaired) electrons. The Labute approximate surface area is 282 Å². The molecule has 2 aliphatic heterocycles. The number of aromatic amines is 1. The average Bonchev–Trinajstić information content (AvgIpc) is 3.73. The highest BCUT2D eigenvalue weighted by molar-refractivity contribution is 6.00. The summed E-state index contributed by atoms with van der Waals surface area (Å²) in [4.78, 5) is 51.6. The topological polar surface area (TPSA) is 127 Å². The van der Waals surface area contributed by atoms with E-state index in [4.69, 9.17) is 14.7 Å². The van der Waals surface area contributed by atoms with Crippen molar-refractivity contribution in [2.45, 2.75) is 44.8 Å². The number of nitrogens with zero attached hydrogens (tertiary/aromatic N) is 8. The molecule has 5 aliphatic rings. The van der Waals surface area contributed by atoms with Gasteiger partial charge in [-0.2, -0.15) is 0 Å². The molecule has 250 valence electrons. The van der Waals surface area contributed by atoms with E-state index in [2.05, 4.69) is 46.0 Å². The quantitative estimate of drug-likeness (QED) is 0.235. The van der Waals surface area contributed by atoms with Gasteiger partial charge in [-0.15, -0.1) is 0 Å². The first-order valence-electron chi connectivity index (χ1n) is 17.6. The van der Waals surface area contributed by atoms with Crippen molar-refractivity contribution in [3.8, 4) is 17.3 Å². The second-order valence-electron chi connectivity index (χ2n) is 14.8. The third-order valence-corrected chi connectivity index (χ3v) is 11.9. The number of pyridine rings is 1. The van der Waals surface area contributed by atoms with Crippen LogP contribution in [0.3, 0.4) is 0 Å².